The number of aromatic nitrogens is 2. The van der Waals surface area contributed by atoms with Crippen molar-refractivity contribution in [3.05, 3.63) is 95.3 Å². The fourth-order valence-electron chi connectivity index (χ4n) is 3.39. The molecule has 6 nitrogen and oxygen atoms in total. The molecule has 0 fully saturated rings. The third-order valence-corrected chi connectivity index (χ3v) is 5.08. The van der Waals surface area contributed by atoms with Crippen molar-refractivity contribution in [3.63, 3.8) is 0 Å². The second-order valence-corrected chi connectivity index (χ2v) is 7.16. The number of nitriles is 1. The van der Waals surface area contributed by atoms with Gasteiger partial charge in [0.2, 0.25) is 0 Å². The summed E-state index contributed by atoms with van der Waals surface area (Å²) in [4.78, 5) is 20.8. The summed E-state index contributed by atoms with van der Waals surface area (Å²) >= 11 is 0. The van der Waals surface area contributed by atoms with E-state index in [2.05, 4.69) is 21.4 Å². The normalized spacial score (nSPS) is 11.6. The maximum Gasteiger partial charge on any atom is 0.252 e. The molecular weight excluding hydrogens is 388 g/mol. The molecule has 3 aromatic carbocycles. The maximum absolute atomic E-state index is 12.9. The van der Waals surface area contributed by atoms with Crippen LogP contribution in [0.15, 0.2) is 72.8 Å². The number of nitrogens with one attached hydrogen (secondary N) is 2. The Labute approximate surface area is 180 Å². The van der Waals surface area contributed by atoms with Crippen molar-refractivity contribution in [2.75, 3.05) is 0 Å². The molecule has 0 radical (unpaired) electrons. The smallest absolute Gasteiger partial charge is 0.252 e. The molecule has 31 heavy (non-hydrogen) atoms. The van der Waals surface area contributed by atoms with Gasteiger partial charge in [0.1, 0.15) is 18.2 Å². The summed E-state index contributed by atoms with van der Waals surface area (Å²) in [6, 6.07) is 24.0. The van der Waals surface area contributed by atoms with Gasteiger partial charge < -0.3 is 15.0 Å². The number of nitrogens with zero attached hydrogens (tertiary/aromatic N) is 2. The zero-order valence-electron chi connectivity index (χ0n) is 17.1. The molecule has 4 aromatic rings. The second kappa shape index (κ2) is 9.14. The number of imidazole rings is 1. The first-order valence-electron chi connectivity index (χ1n) is 10.1. The molecule has 1 atom stereocenters. The molecule has 0 saturated heterocycles. The quantitative estimate of drug-likeness (QED) is 0.454. The average molecular weight is 410 g/mol. The summed E-state index contributed by atoms with van der Waals surface area (Å²) < 4.78 is 5.83. The first-order chi connectivity index (χ1) is 15.2. The molecule has 1 aromatic heterocycles. The first-order valence-corrected chi connectivity index (χ1v) is 10.1. The molecule has 4 rings (SSSR count). The van der Waals surface area contributed by atoms with E-state index in [4.69, 9.17) is 4.74 Å². The SMILES string of the molecule is CCC(NC(=O)c1cccc(OCc2ccccc2C#N)c1)c1nc2ccccc2[nH]1. The Kier molecular flexibility index (Phi) is 5.95. The summed E-state index contributed by atoms with van der Waals surface area (Å²) in [6.07, 6.45) is 0.701. The number of ether oxygens (including phenoxy) is 1. The summed E-state index contributed by atoms with van der Waals surface area (Å²) in [6.45, 7) is 2.26. The lowest BCUT2D eigenvalue weighted by atomic mass is 10.1. The fraction of sp³-hybridized carbons (Fsp3) is 0.160. The summed E-state index contributed by atoms with van der Waals surface area (Å²) in [5, 5.41) is 12.3. The molecule has 0 saturated carbocycles. The Morgan fingerprint density at radius 1 is 1.13 bits per heavy atom. The molecule has 0 bridgehead atoms. The van der Waals surface area contributed by atoms with Crippen molar-refractivity contribution in [2.45, 2.75) is 26.0 Å². The van der Waals surface area contributed by atoms with Gasteiger partial charge in [-0.2, -0.15) is 5.26 Å². The number of rotatable bonds is 7. The van der Waals surface area contributed by atoms with E-state index in [1.807, 2.05) is 49.4 Å². The van der Waals surface area contributed by atoms with Crippen molar-refractivity contribution in [1.29, 1.82) is 5.26 Å². The van der Waals surface area contributed by atoms with Crippen LogP contribution in [0.4, 0.5) is 0 Å². The van der Waals surface area contributed by atoms with Gasteiger partial charge in [-0.1, -0.05) is 43.3 Å². The average Bonchev–Trinajstić information content (AvgIpc) is 3.25. The molecule has 1 unspecified atom stereocenters. The van der Waals surface area contributed by atoms with E-state index < -0.39 is 0 Å². The van der Waals surface area contributed by atoms with E-state index >= 15 is 0 Å². The molecule has 0 aliphatic heterocycles. The van der Waals surface area contributed by atoms with Gasteiger partial charge in [-0.15, -0.1) is 0 Å². The van der Waals surface area contributed by atoms with Gasteiger partial charge in [0.25, 0.3) is 5.91 Å². The van der Waals surface area contributed by atoms with Crippen LogP contribution >= 0.6 is 0 Å². The van der Waals surface area contributed by atoms with Crippen molar-refractivity contribution < 1.29 is 9.53 Å². The third kappa shape index (κ3) is 4.57. The highest BCUT2D eigenvalue weighted by Gasteiger charge is 2.18. The number of fused-ring (bicyclic) bond motifs is 1. The van der Waals surface area contributed by atoms with Crippen molar-refractivity contribution >= 4 is 16.9 Å². The Bertz CT molecular complexity index is 1220. The Morgan fingerprint density at radius 3 is 2.74 bits per heavy atom. The number of carbonyl (C=O) groups is 1. The number of H-pyrrole nitrogens is 1. The number of hydrogen-bond acceptors (Lipinski definition) is 4. The van der Waals surface area contributed by atoms with Gasteiger partial charge in [-0.3, -0.25) is 4.79 Å². The van der Waals surface area contributed by atoms with E-state index in [1.54, 1.807) is 30.3 Å². The van der Waals surface area contributed by atoms with Crippen molar-refractivity contribution in [3.8, 4) is 11.8 Å². The van der Waals surface area contributed by atoms with Crippen LogP contribution in [0.1, 0.15) is 46.7 Å². The highest BCUT2D eigenvalue weighted by molar-refractivity contribution is 5.94. The highest BCUT2D eigenvalue weighted by Crippen LogP contribution is 2.20. The van der Waals surface area contributed by atoms with Gasteiger partial charge in [-0.25, -0.2) is 4.98 Å². The number of amides is 1. The molecule has 0 aliphatic carbocycles. The minimum absolute atomic E-state index is 0.199. The predicted molar refractivity (Wildman–Crippen MR) is 119 cm³/mol. The lowest BCUT2D eigenvalue weighted by Gasteiger charge is -2.15. The minimum atomic E-state index is -0.230. The topological polar surface area (TPSA) is 90.8 Å². The minimum Gasteiger partial charge on any atom is -0.489 e. The molecular formula is C25H22N4O2. The van der Waals surface area contributed by atoms with Gasteiger partial charge >= 0.3 is 0 Å². The Hall–Kier alpha value is -4.11. The van der Waals surface area contributed by atoms with Crippen LogP contribution in [0.3, 0.4) is 0 Å². The van der Waals surface area contributed by atoms with Crippen LogP contribution in [0.5, 0.6) is 5.75 Å². The molecule has 0 aliphatic rings. The molecule has 1 amide bonds. The van der Waals surface area contributed by atoms with Gasteiger partial charge in [0.15, 0.2) is 0 Å². The van der Waals surface area contributed by atoms with Crippen LogP contribution < -0.4 is 10.1 Å². The molecule has 0 spiro atoms. The highest BCUT2D eigenvalue weighted by atomic mass is 16.5. The van der Waals surface area contributed by atoms with Crippen molar-refractivity contribution in [1.82, 2.24) is 15.3 Å². The van der Waals surface area contributed by atoms with Gasteiger partial charge in [0, 0.05) is 11.1 Å². The molecule has 1 heterocycles. The number of carbonyl (C=O) groups excluding carboxylic acids is 1. The largest absolute Gasteiger partial charge is 0.489 e. The van der Waals surface area contributed by atoms with Crippen LogP contribution in [-0.2, 0) is 6.61 Å². The van der Waals surface area contributed by atoms with Gasteiger partial charge in [-0.05, 0) is 42.8 Å². The fourth-order valence-corrected chi connectivity index (χ4v) is 3.39. The first kappa shape index (κ1) is 20.2. The lowest BCUT2D eigenvalue weighted by Crippen LogP contribution is -2.28. The molecule has 2 N–H and O–H groups in total. The number of para-hydroxylation sites is 2. The zero-order valence-corrected chi connectivity index (χ0v) is 17.1. The molecule has 6 heteroatoms. The summed E-state index contributed by atoms with van der Waals surface area (Å²) in [5.74, 6) is 1.10. The standard InChI is InChI=1S/C25H22N4O2/c1-2-21(24-27-22-12-5-6-13-23(22)28-24)29-25(30)17-10-7-11-20(14-17)31-16-19-9-4-3-8-18(19)15-26/h3-14,21H,2,16H2,1H3,(H,27,28)(H,29,30). The van der Waals surface area contributed by atoms with E-state index in [1.165, 1.54) is 0 Å². The second-order valence-electron chi connectivity index (χ2n) is 7.16. The van der Waals surface area contributed by atoms with Gasteiger partial charge in [0.05, 0.1) is 28.7 Å². The summed E-state index contributed by atoms with van der Waals surface area (Å²) in [7, 11) is 0. The van der Waals surface area contributed by atoms with E-state index in [0.717, 1.165) is 22.4 Å². The number of aromatic amines is 1. The maximum atomic E-state index is 12.9. The Balaban J connectivity index is 1.46. The third-order valence-electron chi connectivity index (χ3n) is 5.08. The monoisotopic (exact) mass is 410 g/mol. The van der Waals surface area contributed by atoms with Crippen LogP contribution in [-0.4, -0.2) is 15.9 Å². The zero-order chi connectivity index (χ0) is 21.6. The van der Waals surface area contributed by atoms with Crippen molar-refractivity contribution in [2.24, 2.45) is 0 Å². The van der Waals surface area contributed by atoms with Crippen LogP contribution in [0.2, 0.25) is 0 Å². The van der Waals surface area contributed by atoms with E-state index in [9.17, 15) is 10.1 Å². The van der Waals surface area contributed by atoms with E-state index in [-0.39, 0.29) is 18.6 Å². The van der Waals surface area contributed by atoms with Crippen LogP contribution in [0.25, 0.3) is 11.0 Å². The number of benzene rings is 3. The summed E-state index contributed by atoms with van der Waals surface area (Å²) in [5.41, 5.74) is 3.70. The molecule has 154 valence electrons. The van der Waals surface area contributed by atoms with E-state index in [0.29, 0.717) is 23.3 Å². The lowest BCUT2D eigenvalue weighted by molar-refractivity contribution is 0.0933. The number of hydrogen-bond donors (Lipinski definition) is 2. The Morgan fingerprint density at radius 2 is 1.94 bits per heavy atom. The van der Waals surface area contributed by atoms with Crippen LogP contribution in [0, 0.1) is 11.3 Å². The predicted octanol–water partition coefficient (Wildman–Crippen LogP) is 4.89.